The van der Waals surface area contributed by atoms with Crippen molar-refractivity contribution in [1.82, 2.24) is 4.90 Å². The molecular weight excluding hydrogens is 662 g/mol. The van der Waals surface area contributed by atoms with Gasteiger partial charge in [0.05, 0.1) is 24.3 Å². The number of hydrogen-bond donors (Lipinski definition) is 0. The van der Waals surface area contributed by atoms with Crippen molar-refractivity contribution >= 4 is 11.7 Å². The third-order valence-corrected chi connectivity index (χ3v) is 8.40. The zero-order chi connectivity index (χ0) is 35.5. The maximum atomic E-state index is 13.6. The number of benzene rings is 2. The number of allylic oxidation sites excluding steroid dienone is 1. The Morgan fingerprint density at radius 1 is 0.894 bits per heavy atom. The number of amides is 1. The molecule has 0 bridgehead atoms. The summed E-state index contributed by atoms with van der Waals surface area (Å²) < 4.78 is 173. The molecule has 0 N–H and O–H groups in total. The third-order valence-electron chi connectivity index (χ3n) is 8.40. The molecule has 0 aromatic heterocycles. The molecule has 0 spiro atoms. The molecule has 0 radical (unpaired) electrons. The van der Waals surface area contributed by atoms with Gasteiger partial charge in [-0.1, -0.05) is 19.9 Å². The number of methoxy groups -OCH3 is 1. The van der Waals surface area contributed by atoms with Crippen LogP contribution in [0.5, 0.6) is 5.75 Å². The van der Waals surface area contributed by atoms with Crippen molar-refractivity contribution < 1.29 is 67.0 Å². The van der Waals surface area contributed by atoms with Crippen LogP contribution in [0.2, 0.25) is 0 Å². The van der Waals surface area contributed by atoms with E-state index in [-0.39, 0.29) is 36.8 Å². The number of hydrogen-bond acceptors (Lipinski definition) is 3. The Labute approximate surface area is 261 Å². The predicted molar refractivity (Wildman–Crippen MR) is 144 cm³/mol. The summed E-state index contributed by atoms with van der Waals surface area (Å²) in [5.41, 5.74) is -4.69. The minimum atomic E-state index is -5.67. The Hall–Kier alpha value is -3.59. The monoisotopic (exact) mass is 691 g/mol. The molecule has 1 fully saturated rings. The average Bonchev–Trinajstić information content (AvgIpc) is 3.18. The van der Waals surface area contributed by atoms with Gasteiger partial charge in [-0.25, -0.2) is 4.79 Å². The van der Waals surface area contributed by atoms with Gasteiger partial charge in [-0.05, 0) is 84.2 Å². The van der Waals surface area contributed by atoms with E-state index >= 15 is 0 Å². The average molecular weight is 692 g/mol. The van der Waals surface area contributed by atoms with Crippen molar-refractivity contribution in [2.24, 2.45) is 5.41 Å². The van der Waals surface area contributed by atoms with Gasteiger partial charge in [0, 0.05) is 12.1 Å². The van der Waals surface area contributed by atoms with Crippen LogP contribution >= 0.6 is 0 Å². The van der Waals surface area contributed by atoms with Gasteiger partial charge in [-0.2, -0.15) is 52.7 Å². The zero-order valence-corrected chi connectivity index (χ0v) is 25.2. The van der Waals surface area contributed by atoms with E-state index in [0.717, 1.165) is 17.0 Å². The van der Waals surface area contributed by atoms with Crippen molar-refractivity contribution in [1.29, 1.82) is 0 Å². The molecule has 4 rings (SSSR count). The molecule has 0 saturated carbocycles. The van der Waals surface area contributed by atoms with E-state index in [1.807, 2.05) is 13.8 Å². The number of ether oxygens (including phenoxy) is 2. The Morgan fingerprint density at radius 3 is 1.94 bits per heavy atom. The minimum absolute atomic E-state index is 0.0392. The van der Waals surface area contributed by atoms with Gasteiger partial charge in [0.25, 0.3) is 0 Å². The number of rotatable bonds is 6. The van der Waals surface area contributed by atoms with E-state index in [4.69, 9.17) is 9.47 Å². The van der Waals surface area contributed by atoms with E-state index in [0.29, 0.717) is 35.8 Å². The Morgan fingerprint density at radius 2 is 1.45 bits per heavy atom. The number of cyclic esters (lactones) is 1. The molecule has 1 aliphatic carbocycles. The van der Waals surface area contributed by atoms with E-state index in [1.54, 1.807) is 0 Å². The van der Waals surface area contributed by atoms with Crippen molar-refractivity contribution in [2.45, 2.75) is 82.8 Å². The first kappa shape index (κ1) is 36.2. The lowest BCUT2D eigenvalue weighted by Crippen LogP contribution is -2.36. The van der Waals surface area contributed by atoms with Crippen LogP contribution in [0.1, 0.15) is 79.9 Å². The molecule has 260 valence electrons. The SMILES string of the molecule is COc1ccc(C(C(F)(F)F)C(F)(F)F)cc1C1=C(CN2C(=O)O[C@H](c3cc(C(F)(F)F)cc(C(F)(F)F)c3)[C@@H]2C)CC(C)(C)CC1. The lowest BCUT2D eigenvalue weighted by Gasteiger charge is -2.36. The topological polar surface area (TPSA) is 38.8 Å². The number of alkyl halides is 12. The van der Waals surface area contributed by atoms with Crippen molar-refractivity contribution in [3.63, 3.8) is 0 Å². The first-order chi connectivity index (χ1) is 21.3. The maximum absolute atomic E-state index is 13.6. The first-order valence-electron chi connectivity index (χ1n) is 14.1. The highest BCUT2D eigenvalue weighted by Crippen LogP contribution is 2.50. The van der Waals surface area contributed by atoms with Crippen LogP contribution < -0.4 is 4.74 Å². The minimum Gasteiger partial charge on any atom is -0.496 e. The second kappa shape index (κ2) is 12.1. The molecule has 4 nitrogen and oxygen atoms in total. The molecule has 0 unspecified atom stereocenters. The molecule has 1 heterocycles. The quantitative estimate of drug-likeness (QED) is 0.283. The van der Waals surface area contributed by atoms with Gasteiger partial charge >= 0.3 is 30.8 Å². The fraction of sp³-hybridized carbons (Fsp3) is 0.516. The Bertz CT molecular complexity index is 1490. The van der Waals surface area contributed by atoms with Crippen molar-refractivity contribution in [3.05, 3.63) is 69.8 Å². The number of halogens is 12. The number of nitrogens with zero attached hydrogens (tertiary/aromatic N) is 1. The normalized spacial score (nSPS) is 21.0. The van der Waals surface area contributed by atoms with Gasteiger partial charge in [0.15, 0.2) is 5.92 Å². The van der Waals surface area contributed by atoms with Gasteiger partial charge < -0.3 is 9.47 Å². The number of carbonyl (C=O) groups is 1. The summed E-state index contributed by atoms with van der Waals surface area (Å²) >= 11 is 0. The highest BCUT2D eigenvalue weighted by Gasteiger charge is 2.57. The van der Waals surface area contributed by atoms with Crippen LogP contribution in [0.3, 0.4) is 0 Å². The second-order valence-corrected chi connectivity index (χ2v) is 12.4. The molecule has 2 atom stereocenters. The fourth-order valence-electron chi connectivity index (χ4n) is 6.10. The predicted octanol–water partition coefficient (Wildman–Crippen LogP) is 10.5. The first-order valence-corrected chi connectivity index (χ1v) is 14.1. The Balaban J connectivity index is 1.80. The number of carbonyl (C=O) groups excluding carboxylic acids is 1. The molecular formula is C31H29F12NO3. The summed E-state index contributed by atoms with van der Waals surface area (Å²) in [5.74, 6) is -3.84. The summed E-state index contributed by atoms with van der Waals surface area (Å²) in [5, 5.41) is 0. The lowest BCUT2D eigenvalue weighted by atomic mass is 9.72. The molecule has 1 aliphatic heterocycles. The highest BCUT2D eigenvalue weighted by molar-refractivity contribution is 5.77. The smallest absolute Gasteiger partial charge is 0.416 e. The molecule has 1 saturated heterocycles. The molecule has 2 aliphatic rings. The van der Waals surface area contributed by atoms with Gasteiger partial charge in [0.1, 0.15) is 11.9 Å². The van der Waals surface area contributed by atoms with Crippen LogP contribution in [0, 0.1) is 5.41 Å². The van der Waals surface area contributed by atoms with Gasteiger partial charge in [0.2, 0.25) is 0 Å². The fourth-order valence-corrected chi connectivity index (χ4v) is 6.10. The summed E-state index contributed by atoms with van der Waals surface area (Å²) in [4.78, 5) is 14.1. The molecule has 16 heteroatoms. The zero-order valence-electron chi connectivity index (χ0n) is 25.2. The third kappa shape index (κ3) is 7.77. The van der Waals surface area contributed by atoms with E-state index in [2.05, 4.69) is 0 Å². The summed E-state index contributed by atoms with van der Waals surface area (Å²) in [6.45, 7) is 4.71. The second-order valence-electron chi connectivity index (χ2n) is 12.4. The standard InChI is InChI=1S/C31H29F12NO3/c1-15-24(17-9-19(28(32,33)34)12-20(10-17)29(35,36)37)47-26(45)44(15)14-18-13-27(2,3)8-7-21(18)22-11-16(5-6-23(22)46-4)25(30(38,39)40)31(41,42)43/h5-6,9-12,15,24-25H,7-8,13-14H2,1-4H3/t15-,24-/m0/s1. The summed E-state index contributed by atoms with van der Waals surface area (Å²) in [6.07, 6.45) is -23.5. The van der Waals surface area contributed by atoms with Crippen LogP contribution in [0.25, 0.3) is 5.57 Å². The molecule has 2 aromatic carbocycles. The highest BCUT2D eigenvalue weighted by atomic mass is 19.4. The Kier molecular flexibility index (Phi) is 9.36. The summed E-state index contributed by atoms with van der Waals surface area (Å²) in [6, 6.07) is 2.11. The largest absolute Gasteiger partial charge is 0.496 e. The summed E-state index contributed by atoms with van der Waals surface area (Å²) in [7, 11) is 1.17. The van der Waals surface area contributed by atoms with E-state index in [9.17, 15) is 57.5 Å². The molecule has 1 amide bonds. The lowest BCUT2D eigenvalue weighted by molar-refractivity contribution is -0.253. The van der Waals surface area contributed by atoms with Crippen LogP contribution in [0.4, 0.5) is 57.5 Å². The van der Waals surface area contributed by atoms with Crippen molar-refractivity contribution in [2.75, 3.05) is 13.7 Å². The van der Waals surface area contributed by atoms with E-state index < -0.39 is 76.5 Å². The maximum Gasteiger partial charge on any atom is 0.416 e. The van der Waals surface area contributed by atoms with Crippen molar-refractivity contribution in [3.8, 4) is 5.75 Å². The van der Waals surface area contributed by atoms with Gasteiger partial charge in [-0.15, -0.1) is 0 Å². The van der Waals surface area contributed by atoms with Crippen LogP contribution in [0.15, 0.2) is 42.0 Å². The van der Waals surface area contributed by atoms with E-state index in [1.165, 1.54) is 14.0 Å². The molecule has 47 heavy (non-hydrogen) atoms. The molecule has 2 aromatic rings. The van der Waals surface area contributed by atoms with Crippen LogP contribution in [-0.2, 0) is 17.1 Å². The van der Waals surface area contributed by atoms with Crippen LogP contribution in [-0.4, -0.2) is 43.0 Å². The van der Waals surface area contributed by atoms with Gasteiger partial charge in [-0.3, -0.25) is 4.90 Å².